The number of fused-ring (bicyclic) bond motifs is 3. The highest BCUT2D eigenvalue weighted by Gasteiger charge is 2.44. The number of amides is 1. The second-order valence-corrected chi connectivity index (χ2v) is 7.30. The minimum atomic E-state index is -0.968. The van der Waals surface area contributed by atoms with E-state index in [1.54, 1.807) is 24.9 Å². The minimum absolute atomic E-state index is 0.00384. The van der Waals surface area contributed by atoms with E-state index in [1.165, 1.54) is 0 Å². The number of halogens is 1. The number of β-amino-alcohol motifs (C(OH)–C–C–N with tert-alkyl or cyclic N) is 1. The maximum absolute atomic E-state index is 12.8. The molecule has 6 heteroatoms. The zero-order valence-corrected chi connectivity index (χ0v) is 13.8. The summed E-state index contributed by atoms with van der Waals surface area (Å²) in [6.45, 7) is 4.74. The fourth-order valence-electron chi connectivity index (χ4n) is 3.14. The van der Waals surface area contributed by atoms with Gasteiger partial charge in [-0.05, 0) is 42.3 Å². The number of carbonyl (C=O) groups is 1. The Labute approximate surface area is 132 Å². The Morgan fingerprint density at radius 3 is 3.00 bits per heavy atom. The summed E-state index contributed by atoms with van der Waals surface area (Å²) >= 11 is 3.46. The van der Waals surface area contributed by atoms with E-state index in [9.17, 15) is 9.90 Å². The molecule has 0 aliphatic carbocycles. The fourth-order valence-corrected chi connectivity index (χ4v) is 3.49. The second-order valence-electron chi connectivity index (χ2n) is 6.38. The molecule has 0 unspecified atom stereocenters. The van der Waals surface area contributed by atoms with E-state index < -0.39 is 5.60 Å². The number of hydrogen-bond acceptors (Lipinski definition) is 4. The van der Waals surface area contributed by atoms with Gasteiger partial charge in [0.2, 0.25) is 5.91 Å². The van der Waals surface area contributed by atoms with Crippen LogP contribution in [0.3, 0.4) is 0 Å². The first-order valence-corrected chi connectivity index (χ1v) is 7.93. The van der Waals surface area contributed by atoms with Gasteiger partial charge < -0.3 is 9.84 Å². The Morgan fingerprint density at radius 1 is 1.52 bits per heavy atom. The average Bonchev–Trinajstić information content (AvgIpc) is 2.42. The summed E-state index contributed by atoms with van der Waals surface area (Å²) in [6.07, 6.45) is 2.53. The third-order valence-electron chi connectivity index (χ3n) is 4.00. The number of ether oxygens (including phenoxy) is 1. The highest BCUT2D eigenvalue weighted by atomic mass is 79.9. The standard InChI is InChI=1S/C15H19BrN2O3/c1-15(2,20)8-18-13-11(5-9(16)6-17-13)10-3-4-21-7-12(10)14(18)19/h5-6,10,12,20H,3-4,7-8H2,1-2H3/t10-,12+/m0/s1. The van der Waals surface area contributed by atoms with Crippen molar-refractivity contribution in [3.05, 3.63) is 22.3 Å². The van der Waals surface area contributed by atoms with Crippen LogP contribution in [-0.4, -0.2) is 41.4 Å². The lowest BCUT2D eigenvalue weighted by Crippen LogP contribution is -2.51. The van der Waals surface area contributed by atoms with Crippen LogP contribution < -0.4 is 4.90 Å². The van der Waals surface area contributed by atoms with Crippen LogP contribution in [0.25, 0.3) is 0 Å². The van der Waals surface area contributed by atoms with Crippen molar-refractivity contribution in [2.75, 3.05) is 24.7 Å². The summed E-state index contributed by atoms with van der Waals surface area (Å²) in [6, 6.07) is 2.04. The summed E-state index contributed by atoms with van der Waals surface area (Å²) in [5.74, 6) is 0.659. The van der Waals surface area contributed by atoms with E-state index in [0.717, 1.165) is 16.5 Å². The van der Waals surface area contributed by atoms with Gasteiger partial charge in [0.05, 0.1) is 24.7 Å². The maximum atomic E-state index is 12.8. The number of rotatable bonds is 2. The van der Waals surface area contributed by atoms with Crippen LogP contribution in [-0.2, 0) is 9.53 Å². The molecule has 1 saturated heterocycles. The van der Waals surface area contributed by atoms with Crippen molar-refractivity contribution < 1.29 is 14.6 Å². The summed E-state index contributed by atoms with van der Waals surface area (Å²) in [7, 11) is 0. The molecule has 21 heavy (non-hydrogen) atoms. The molecule has 1 amide bonds. The topological polar surface area (TPSA) is 62.7 Å². The number of anilines is 1. The molecular weight excluding hydrogens is 336 g/mol. The van der Waals surface area contributed by atoms with Crippen molar-refractivity contribution >= 4 is 27.7 Å². The van der Waals surface area contributed by atoms with Crippen molar-refractivity contribution in [1.82, 2.24) is 4.98 Å². The van der Waals surface area contributed by atoms with Gasteiger partial charge in [-0.3, -0.25) is 9.69 Å². The van der Waals surface area contributed by atoms with Crippen molar-refractivity contribution in [2.24, 2.45) is 5.92 Å². The third kappa shape index (κ3) is 2.84. The molecule has 1 aromatic rings. The number of aromatic nitrogens is 1. The predicted molar refractivity (Wildman–Crippen MR) is 82.3 cm³/mol. The molecule has 0 radical (unpaired) electrons. The summed E-state index contributed by atoms with van der Waals surface area (Å²) in [5.41, 5.74) is 0.103. The van der Waals surface area contributed by atoms with Crippen LogP contribution in [0.5, 0.6) is 0 Å². The number of pyridine rings is 1. The Hall–Kier alpha value is -0.980. The molecule has 114 valence electrons. The Bertz CT molecular complexity index is 571. The monoisotopic (exact) mass is 354 g/mol. The quantitative estimate of drug-likeness (QED) is 0.883. The van der Waals surface area contributed by atoms with Crippen LogP contribution in [0.4, 0.5) is 5.82 Å². The van der Waals surface area contributed by atoms with Gasteiger partial charge in [-0.15, -0.1) is 0 Å². The first kappa shape index (κ1) is 14.9. The van der Waals surface area contributed by atoms with E-state index in [1.807, 2.05) is 6.07 Å². The maximum Gasteiger partial charge on any atom is 0.234 e. The number of hydrogen-bond donors (Lipinski definition) is 1. The van der Waals surface area contributed by atoms with E-state index in [0.29, 0.717) is 19.0 Å². The van der Waals surface area contributed by atoms with Crippen molar-refractivity contribution in [1.29, 1.82) is 0 Å². The Balaban J connectivity index is 2.07. The smallest absolute Gasteiger partial charge is 0.234 e. The highest BCUT2D eigenvalue weighted by Crippen LogP contribution is 2.43. The molecule has 1 aromatic heterocycles. The number of aliphatic hydroxyl groups is 1. The highest BCUT2D eigenvalue weighted by molar-refractivity contribution is 9.10. The first-order chi connectivity index (χ1) is 9.87. The van der Waals surface area contributed by atoms with Gasteiger partial charge in [-0.25, -0.2) is 4.98 Å². The fraction of sp³-hybridized carbons (Fsp3) is 0.600. The zero-order chi connectivity index (χ0) is 15.2. The minimum Gasteiger partial charge on any atom is -0.389 e. The molecule has 2 atom stereocenters. The van der Waals surface area contributed by atoms with E-state index in [2.05, 4.69) is 20.9 Å². The van der Waals surface area contributed by atoms with E-state index >= 15 is 0 Å². The summed E-state index contributed by atoms with van der Waals surface area (Å²) < 4.78 is 6.40. The van der Waals surface area contributed by atoms with Crippen LogP contribution in [0, 0.1) is 5.92 Å². The number of nitrogens with zero attached hydrogens (tertiary/aromatic N) is 2. The lowest BCUT2D eigenvalue weighted by atomic mass is 9.79. The molecule has 3 heterocycles. The van der Waals surface area contributed by atoms with Gasteiger partial charge in [0.25, 0.3) is 0 Å². The number of carbonyl (C=O) groups excluding carboxylic acids is 1. The molecule has 5 nitrogen and oxygen atoms in total. The molecule has 0 bridgehead atoms. The molecule has 3 rings (SSSR count). The molecular formula is C15H19BrN2O3. The molecule has 1 N–H and O–H groups in total. The van der Waals surface area contributed by atoms with E-state index in [4.69, 9.17) is 4.74 Å². The molecule has 0 saturated carbocycles. The summed E-state index contributed by atoms with van der Waals surface area (Å²) in [5, 5.41) is 10.1. The van der Waals surface area contributed by atoms with Gasteiger partial charge in [0.1, 0.15) is 5.82 Å². The largest absolute Gasteiger partial charge is 0.389 e. The Kier molecular flexibility index (Phi) is 3.80. The van der Waals surface area contributed by atoms with E-state index in [-0.39, 0.29) is 24.3 Å². The third-order valence-corrected chi connectivity index (χ3v) is 4.44. The lowest BCUT2D eigenvalue weighted by molar-refractivity contribution is -0.129. The predicted octanol–water partition coefficient (Wildman–Crippen LogP) is 2.08. The van der Waals surface area contributed by atoms with Crippen LogP contribution in [0.2, 0.25) is 0 Å². The molecule has 1 fully saturated rings. The van der Waals surface area contributed by atoms with Gasteiger partial charge >= 0.3 is 0 Å². The van der Waals surface area contributed by atoms with Gasteiger partial charge in [-0.1, -0.05) is 0 Å². The molecule has 2 aliphatic heterocycles. The van der Waals surface area contributed by atoms with Crippen molar-refractivity contribution in [2.45, 2.75) is 31.8 Å². The SMILES string of the molecule is CC(C)(O)CN1C(=O)[C@@H]2COCC[C@H]2c2cc(Br)cnc21. The molecule has 0 spiro atoms. The van der Waals surface area contributed by atoms with Gasteiger partial charge in [-0.2, -0.15) is 0 Å². The normalized spacial score (nSPS) is 25.5. The van der Waals surface area contributed by atoms with Crippen LogP contribution in [0.15, 0.2) is 16.7 Å². The molecule has 0 aromatic carbocycles. The van der Waals surface area contributed by atoms with Crippen molar-refractivity contribution in [3.63, 3.8) is 0 Å². The van der Waals surface area contributed by atoms with Crippen molar-refractivity contribution in [3.8, 4) is 0 Å². The van der Waals surface area contributed by atoms with Crippen LogP contribution >= 0.6 is 15.9 Å². The second kappa shape index (κ2) is 5.34. The first-order valence-electron chi connectivity index (χ1n) is 7.14. The lowest BCUT2D eigenvalue weighted by Gasteiger charge is -2.42. The Morgan fingerprint density at radius 2 is 2.29 bits per heavy atom. The zero-order valence-electron chi connectivity index (χ0n) is 12.2. The average molecular weight is 355 g/mol. The van der Waals surface area contributed by atoms with Gasteiger partial charge in [0, 0.05) is 28.8 Å². The molecule has 2 aliphatic rings. The summed E-state index contributed by atoms with van der Waals surface area (Å²) in [4.78, 5) is 18.8. The van der Waals surface area contributed by atoms with Crippen LogP contribution in [0.1, 0.15) is 31.7 Å². The van der Waals surface area contributed by atoms with Gasteiger partial charge in [0.15, 0.2) is 0 Å².